The van der Waals surface area contributed by atoms with Crippen LogP contribution in [0.5, 0.6) is 0 Å². The van der Waals surface area contributed by atoms with E-state index in [9.17, 15) is 0 Å². The van der Waals surface area contributed by atoms with Crippen LogP contribution in [-0.4, -0.2) is 18.6 Å². The van der Waals surface area contributed by atoms with Gasteiger partial charge in [-0.15, -0.1) is 5.92 Å². The third-order valence-electron chi connectivity index (χ3n) is 2.56. The summed E-state index contributed by atoms with van der Waals surface area (Å²) < 4.78 is 0. The molecule has 82 valence electrons. The SMILES string of the molecule is CC#CCNC(C)(CN)CCCCC. The van der Waals surface area contributed by atoms with E-state index in [1.165, 1.54) is 19.3 Å². The molecule has 0 rings (SSSR count). The van der Waals surface area contributed by atoms with Crippen LogP contribution in [0, 0.1) is 11.8 Å². The number of rotatable bonds is 7. The molecule has 0 spiro atoms. The molecule has 0 aromatic carbocycles. The Bertz CT molecular complexity index is 190. The van der Waals surface area contributed by atoms with Crippen molar-refractivity contribution in [2.45, 2.75) is 52.0 Å². The molecule has 2 heteroatoms. The highest BCUT2D eigenvalue weighted by atomic mass is 15.0. The van der Waals surface area contributed by atoms with Crippen LogP contribution in [0.3, 0.4) is 0 Å². The summed E-state index contributed by atoms with van der Waals surface area (Å²) in [4.78, 5) is 0. The molecular weight excluding hydrogens is 172 g/mol. The third-order valence-corrected chi connectivity index (χ3v) is 2.56. The fraction of sp³-hybridized carbons (Fsp3) is 0.833. The van der Waals surface area contributed by atoms with Crippen LogP contribution < -0.4 is 11.1 Å². The molecule has 0 fully saturated rings. The second kappa shape index (κ2) is 7.84. The molecule has 14 heavy (non-hydrogen) atoms. The van der Waals surface area contributed by atoms with Gasteiger partial charge >= 0.3 is 0 Å². The highest BCUT2D eigenvalue weighted by Gasteiger charge is 2.19. The van der Waals surface area contributed by atoms with Gasteiger partial charge in [0, 0.05) is 12.1 Å². The van der Waals surface area contributed by atoms with Gasteiger partial charge in [0.25, 0.3) is 0 Å². The lowest BCUT2D eigenvalue weighted by Crippen LogP contribution is -2.48. The van der Waals surface area contributed by atoms with Gasteiger partial charge in [0.05, 0.1) is 6.54 Å². The van der Waals surface area contributed by atoms with Crippen LogP contribution in [0.4, 0.5) is 0 Å². The molecule has 3 N–H and O–H groups in total. The minimum Gasteiger partial charge on any atom is -0.329 e. The fourth-order valence-electron chi connectivity index (χ4n) is 1.37. The zero-order chi connectivity index (χ0) is 10.9. The van der Waals surface area contributed by atoms with Crippen LogP contribution in [0.15, 0.2) is 0 Å². The maximum Gasteiger partial charge on any atom is 0.0580 e. The second-order valence-corrected chi connectivity index (χ2v) is 4.00. The van der Waals surface area contributed by atoms with E-state index in [0.29, 0.717) is 6.54 Å². The molecule has 0 aliphatic heterocycles. The van der Waals surface area contributed by atoms with Crippen LogP contribution in [-0.2, 0) is 0 Å². The van der Waals surface area contributed by atoms with Crippen molar-refractivity contribution in [3.8, 4) is 11.8 Å². The topological polar surface area (TPSA) is 38.0 Å². The van der Waals surface area contributed by atoms with Gasteiger partial charge in [-0.25, -0.2) is 0 Å². The van der Waals surface area contributed by atoms with Crippen LogP contribution >= 0.6 is 0 Å². The average Bonchev–Trinajstić information content (AvgIpc) is 2.19. The molecule has 0 radical (unpaired) electrons. The van der Waals surface area contributed by atoms with Gasteiger partial charge in [-0.1, -0.05) is 32.1 Å². The molecule has 0 saturated heterocycles. The third kappa shape index (κ3) is 6.01. The molecule has 0 amide bonds. The van der Waals surface area contributed by atoms with E-state index in [4.69, 9.17) is 5.73 Å². The first-order valence-corrected chi connectivity index (χ1v) is 5.53. The molecule has 0 bridgehead atoms. The zero-order valence-electron chi connectivity index (χ0n) is 9.82. The summed E-state index contributed by atoms with van der Waals surface area (Å²) in [6.07, 6.45) is 4.94. The lowest BCUT2D eigenvalue weighted by Gasteiger charge is -2.28. The monoisotopic (exact) mass is 196 g/mol. The van der Waals surface area contributed by atoms with Crippen LogP contribution in [0.25, 0.3) is 0 Å². The van der Waals surface area contributed by atoms with Gasteiger partial charge in [0.2, 0.25) is 0 Å². The maximum atomic E-state index is 5.76. The average molecular weight is 196 g/mol. The first kappa shape index (κ1) is 13.5. The molecule has 1 atom stereocenters. The van der Waals surface area contributed by atoms with Gasteiger partial charge in [-0.05, 0) is 20.3 Å². The number of nitrogens with two attached hydrogens (primary N) is 1. The predicted molar refractivity (Wildman–Crippen MR) is 63.1 cm³/mol. The largest absolute Gasteiger partial charge is 0.329 e. The normalized spacial score (nSPS) is 14.3. The van der Waals surface area contributed by atoms with Crippen molar-refractivity contribution in [3.05, 3.63) is 0 Å². The summed E-state index contributed by atoms with van der Waals surface area (Å²) >= 11 is 0. The van der Waals surface area contributed by atoms with Crippen molar-refractivity contribution in [1.82, 2.24) is 5.32 Å². The fourth-order valence-corrected chi connectivity index (χ4v) is 1.37. The first-order chi connectivity index (χ1) is 6.68. The molecular formula is C12H24N2. The number of unbranched alkanes of at least 4 members (excludes halogenated alkanes) is 2. The van der Waals surface area contributed by atoms with Crippen molar-refractivity contribution in [3.63, 3.8) is 0 Å². The Balaban J connectivity index is 3.82. The van der Waals surface area contributed by atoms with Gasteiger partial charge in [-0.3, -0.25) is 5.32 Å². The smallest absolute Gasteiger partial charge is 0.0580 e. The summed E-state index contributed by atoms with van der Waals surface area (Å²) in [5, 5.41) is 3.41. The quantitative estimate of drug-likeness (QED) is 0.482. The predicted octanol–water partition coefficient (Wildman–Crippen LogP) is 1.90. The van der Waals surface area contributed by atoms with E-state index in [2.05, 4.69) is 31.0 Å². The second-order valence-electron chi connectivity index (χ2n) is 4.00. The van der Waals surface area contributed by atoms with E-state index in [1.54, 1.807) is 0 Å². The Labute approximate surface area is 88.6 Å². The summed E-state index contributed by atoms with van der Waals surface area (Å²) in [6, 6.07) is 0. The Kier molecular flexibility index (Phi) is 7.55. The molecule has 0 aromatic rings. The van der Waals surface area contributed by atoms with Crippen molar-refractivity contribution in [2.24, 2.45) is 5.73 Å². The molecule has 0 aliphatic rings. The van der Waals surface area contributed by atoms with Crippen molar-refractivity contribution < 1.29 is 0 Å². The van der Waals surface area contributed by atoms with Crippen LogP contribution in [0.1, 0.15) is 46.5 Å². The summed E-state index contributed by atoms with van der Waals surface area (Å²) in [5.74, 6) is 5.89. The summed E-state index contributed by atoms with van der Waals surface area (Å²) in [6.45, 7) is 7.69. The molecule has 0 aliphatic carbocycles. The van der Waals surface area contributed by atoms with E-state index in [-0.39, 0.29) is 5.54 Å². The Morgan fingerprint density at radius 3 is 2.57 bits per heavy atom. The van der Waals surface area contributed by atoms with E-state index >= 15 is 0 Å². The Morgan fingerprint density at radius 2 is 2.07 bits per heavy atom. The zero-order valence-corrected chi connectivity index (χ0v) is 9.82. The summed E-state index contributed by atoms with van der Waals surface area (Å²) in [7, 11) is 0. The maximum absolute atomic E-state index is 5.76. The standard InChI is InChI=1S/C12H24N2/c1-4-6-8-9-12(3,11-13)14-10-7-5-2/h14H,4,6,8-11,13H2,1-3H3. The number of hydrogen-bond donors (Lipinski definition) is 2. The lowest BCUT2D eigenvalue weighted by molar-refractivity contribution is 0.342. The van der Waals surface area contributed by atoms with Gasteiger partial charge in [0.1, 0.15) is 0 Å². The molecule has 2 nitrogen and oxygen atoms in total. The molecule has 0 saturated carbocycles. The number of hydrogen-bond acceptors (Lipinski definition) is 2. The van der Waals surface area contributed by atoms with Crippen molar-refractivity contribution in [1.29, 1.82) is 0 Å². The minimum atomic E-state index is 0.0685. The minimum absolute atomic E-state index is 0.0685. The Hall–Kier alpha value is -0.520. The summed E-state index contributed by atoms with van der Waals surface area (Å²) in [5.41, 5.74) is 5.83. The molecule has 0 heterocycles. The highest BCUT2D eigenvalue weighted by molar-refractivity contribution is 4.99. The van der Waals surface area contributed by atoms with Gasteiger partial charge < -0.3 is 5.73 Å². The van der Waals surface area contributed by atoms with Gasteiger partial charge in [0.15, 0.2) is 0 Å². The highest BCUT2D eigenvalue weighted by Crippen LogP contribution is 2.12. The van der Waals surface area contributed by atoms with Crippen molar-refractivity contribution in [2.75, 3.05) is 13.1 Å². The lowest BCUT2D eigenvalue weighted by atomic mass is 9.94. The Morgan fingerprint density at radius 1 is 1.36 bits per heavy atom. The first-order valence-electron chi connectivity index (χ1n) is 5.53. The van der Waals surface area contributed by atoms with E-state index < -0.39 is 0 Å². The molecule has 1 unspecified atom stereocenters. The van der Waals surface area contributed by atoms with Crippen LogP contribution in [0.2, 0.25) is 0 Å². The number of nitrogens with one attached hydrogen (secondary N) is 1. The van der Waals surface area contributed by atoms with E-state index in [0.717, 1.165) is 13.0 Å². The van der Waals surface area contributed by atoms with Crippen molar-refractivity contribution >= 4 is 0 Å². The van der Waals surface area contributed by atoms with E-state index in [1.807, 2.05) is 6.92 Å². The molecule has 0 aromatic heterocycles. The van der Waals surface area contributed by atoms with Gasteiger partial charge in [-0.2, -0.15) is 0 Å².